The Bertz CT molecular complexity index is 1670. The largest absolute Gasteiger partial charge is 0.490 e. The van der Waals surface area contributed by atoms with Gasteiger partial charge in [0.1, 0.15) is 42.1 Å². The molecule has 14 heteroatoms. The van der Waals surface area contributed by atoms with Gasteiger partial charge in [-0.15, -0.1) is 6.42 Å². The normalized spacial score (nSPS) is 14.5. The third-order valence-electron chi connectivity index (χ3n) is 6.79. The number of nitrogens with two attached hydrogens (primary N) is 1. The van der Waals surface area contributed by atoms with Crippen molar-refractivity contribution in [3.63, 3.8) is 0 Å². The van der Waals surface area contributed by atoms with Gasteiger partial charge in [-0.1, -0.05) is 12.0 Å². The molecule has 1 aliphatic rings. The van der Waals surface area contributed by atoms with Gasteiger partial charge in [-0.2, -0.15) is 18.3 Å². The Balaban J connectivity index is 1.32. The van der Waals surface area contributed by atoms with Crippen molar-refractivity contribution in [3.8, 4) is 29.4 Å². The molecule has 0 radical (unpaired) electrons. The SMILES string of the molecule is C#CCn1nc(-c2ccc(NC(=O)Nc3ccc(OC4CCN(C)CC4)c(C(F)(F)F)c3)c(F)c2)c2c(N)ncnc21. The van der Waals surface area contributed by atoms with Gasteiger partial charge in [-0.25, -0.2) is 23.8 Å². The van der Waals surface area contributed by atoms with Crippen LogP contribution in [0.5, 0.6) is 5.75 Å². The second-order valence-electron chi connectivity index (χ2n) is 9.77. The third kappa shape index (κ3) is 6.06. The number of rotatable bonds is 6. The first kappa shape index (κ1) is 28.6. The van der Waals surface area contributed by atoms with Crippen LogP contribution in [0.1, 0.15) is 18.4 Å². The highest BCUT2D eigenvalue weighted by atomic mass is 19.4. The molecule has 4 N–H and O–H groups in total. The van der Waals surface area contributed by atoms with Crippen LogP contribution in [0.2, 0.25) is 0 Å². The van der Waals surface area contributed by atoms with Crippen molar-refractivity contribution in [2.75, 3.05) is 36.5 Å². The number of alkyl halides is 3. The van der Waals surface area contributed by atoms with E-state index in [0.29, 0.717) is 29.4 Å². The molecule has 3 heterocycles. The van der Waals surface area contributed by atoms with Crippen LogP contribution in [0.15, 0.2) is 42.7 Å². The first-order valence-corrected chi connectivity index (χ1v) is 12.9. The minimum Gasteiger partial charge on any atom is -0.490 e. The molecule has 1 saturated heterocycles. The molecule has 1 aliphatic heterocycles. The summed E-state index contributed by atoms with van der Waals surface area (Å²) < 4.78 is 63.7. The van der Waals surface area contributed by atoms with E-state index in [1.54, 1.807) is 0 Å². The fourth-order valence-corrected chi connectivity index (χ4v) is 4.69. The molecule has 0 spiro atoms. The van der Waals surface area contributed by atoms with Crippen LogP contribution in [0.25, 0.3) is 22.3 Å². The summed E-state index contributed by atoms with van der Waals surface area (Å²) >= 11 is 0. The molecule has 4 aromatic rings. The average molecular weight is 583 g/mol. The number of carbonyl (C=O) groups excluding carboxylic acids is 1. The minimum atomic E-state index is -4.72. The highest BCUT2D eigenvalue weighted by Gasteiger charge is 2.36. The van der Waals surface area contributed by atoms with Crippen molar-refractivity contribution in [2.24, 2.45) is 0 Å². The Morgan fingerprint density at radius 1 is 1.17 bits per heavy atom. The van der Waals surface area contributed by atoms with E-state index in [9.17, 15) is 18.0 Å². The number of nitrogen functional groups attached to an aromatic ring is 1. The number of nitrogens with zero attached hydrogens (tertiary/aromatic N) is 5. The number of carbonyl (C=O) groups is 1. The van der Waals surface area contributed by atoms with E-state index in [1.807, 2.05) is 7.05 Å². The first-order valence-electron chi connectivity index (χ1n) is 12.9. The molecule has 2 aromatic heterocycles. The molecule has 0 aliphatic carbocycles. The van der Waals surface area contributed by atoms with Crippen molar-refractivity contribution in [2.45, 2.75) is 31.7 Å². The maximum atomic E-state index is 15.1. The minimum absolute atomic E-state index is 0.0938. The molecular formula is C28H26F4N8O2. The van der Waals surface area contributed by atoms with Gasteiger partial charge in [0.15, 0.2) is 5.65 Å². The maximum Gasteiger partial charge on any atom is 0.420 e. The molecule has 0 saturated carbocycles. The van der Waals surface area contributed by atoms with E-state index >= 15 is 4.39 Å². The molecule has 2 amide bonds. The van der Waals surface area contributed by atoms with E-state index in [1.165, 1.54) is 35.3 Å². The summed E-state index contributed by atoms with van der Waals surface area (Å²) in [4.78, 5) is 22.8. The Hall–Kier alpha value is -4.90. The number of likely N-dealkylation sites (tertiary alicyclic amines) is 1. The van der Waals surface area contributed by atoms with Crippen LogP contribution in [-0.4, -0.2) is 56.9 Å². The van der Waals surface area contributed by atoms with Crippen molar-refractivity contribution in [3.05, 3.63) is 54.1 Å². The number of halogens is 4. The summed E-state index contributed by atoms with van der Waals surface area (Å²) in [5, 5.41) is 9.40. The summed E-state index contributed by atoms with van der Waals surface area (Å²) in [5.41, 5.74) is 5.61. The number of nitrogens with one attached hydrogen (secondary N) is 2. The monoisotopic (exact) mass is 582 g/mol. The molecule has 0 bridgehead atoms. The average Bonchev–Trinajstić information content (AvgIpc) is 3.31. The summed E-state index contributed by atoms with van der Waals surface area (Å²) in [6.07, 6.45) is 2.81. The number of fused-ring (bicyclic) bond motifs is 1. The summed E-state index contributed by atoms with van der Waals surface area (Å²) in [6, 6.07) is 6.21. The van der Waals surface area contributed by atoms with E-state index in [2.05, 4.69) is 36.5 Å². The standard InChI is InChI=1S/C28H26F4N8O2/c1-3-10-40-26-23(25(33)34-15-35-26)24(38-40)16-4-6-21(20(29)13-16)37-27(41)36-17-5-7-22(19(14-17)28(30,31)32)42-18-8-11-39(2)12-9-18/h1,4-7,13-15,18H,8-12H2,2H3,(H2,33,34,35)(H2,36,37,41). The molecule has 2 aromatic carbocycles. The number of hydrogen-bond donors (Lipinski definition) is 3. The van der Waals surface area contributed by atoms with Crippen LogP contribution < -0.4 is 21.1 Å². The lowest BCUT2D eigenvalue weighted by molar-refractivity contribution is -0.139. The Labute approximate surface area is 237 Å². The number of ether oxygens (including phenoxy) is 1. The first-order chi connectivity index (χ1) is 20.0. The van der Waals surface area contributed by atoms with Gasteiger partial charge in [0.25, 0.3) is 0 Å². The smallest absolute Gasteiger partial charge is 0.420 e. The lowest BCUT2D eigenvalue weighted by atomic mass is 10.1. The van der Waals surface area contributed by atoms with Crippen LogP contribution in [0, 0.1) is 18.2 Å². The van der Waals surface area contributed by atoms with E-state index < -0.39 is 23.6 Å². The molecule has 218 valence electrons. The van der Waals surface area contributed by atoms with Crippen LogP contribution >= 0.6 is 0 Å². The van der Waals surface area contributed by atoms with Crippen LogP contribution in [0.4, 0.5) is 39.5 Å². The molecule has 42 heavy (non-hydrogen) atoms. The number of benzene rings is 2. The number of amides is 2. The number of piperidine rings is 1. The van der Waals surface area contributed by atoms with Crippen LogP contribution in [0.3, 0.4) is 0 Å². The molecule has 0 unspecified atom stereocenters. The lowest BCUT2D eigenvalue weighted by Crippen LogP contribution is -2.36. The zero-order valence-electron chi connectivity index (χ0n) is 22.4. The van der Waals surface area contributed by atoms with Crippen molar-refractivity contribution >= 4 is 34.3 Å². The molecule has 0 atom stereocenters. The topological polar surface area (TPSA) is 123 Å². The Morgan fingerprint density at radius 3 is 2.62 bits per heavy atom. The third-order valence-corrected chi connectivity index (χ3v) is 6.79. The molecular weight excluding hydrogens is 556 g/mol. The molecule has 1 fully saturated rings. The number of anilines is 3. The Kier molecular flexibility index (Phi) is 7.86. The van der Waals surface area contributed by atoms with Crippen molar-refractivity contribution in [1.82, 2.24) is 24.6 Å². The molecule has 10 nitrogen and oxygen atoms in total. The van der Waals surface area contributed by atoms with Gasteiger partial charge in [0.2, 0.25) is 0 Å². The van der Waals surface area contributed by atoms with Gasteiger partial charge in [-0.05, 0) is 50.2 Å². The number of urea groups is 1. The van der Waals surface area contributed by atoms with Crippen LogP contribution in [-0.2, 0) is 12.7 Å². The van der Waals surface area contributed by atoms with Gasteiger partial charge in [0.05, 0.1) is 16.6 Å². The highest BCUT2D eigenvalue weighted by molar-refractivity contribution is 6.01. The number of terminal acetylenes is 1. The van der Waals surface area contributed by atoms with Gasteiger partial charge in [0, 0.05) is 24.3 Å². The van der Waals surface area contributed by atoms with Crippen molar-refractivity contribution in [1.29, 1.82) is 0 Å². The van der Waals surface area contributed by atoms with Gasteiger partial charge < -0.3 is 26.0 Å². The zero-order valence-corrected chi connectivity index (χ0v) is 22.4. The quantitative estimate of drug-likeness (QED) is 0.216. The summed E-state index contributed by atoms with van der Waals surface area (Å²) in [5.74, 6) is 1.45. The Morgan fingerprint density at radius 2 is 1.93 bits per heavy atom. The van der Waals surface area contributed by atoms with E-state index in [0.717, 1.165) is 25.2 Å². The second kappa shape index (κ2) is 11.5. The number of aromatic nitrogens is 4. The number of hydrogen-bond acceptors (Lipinski definition) is 7. The highest BCUT2D eigenvalue weighted by Crippen LogP contribution is 2.39. The predicted octanol–water partition coefficient (Wildman–Crippen LogP) is 4.98. The maximum absolute atomic E-state index is 15.1. The summed E-state index contributed by atoms with van der Waals surface area (Å²) in [7, 11) is 1.94. The van der Waals surface area contributed by atoms with E-state index in [-0.39, 0.29) is 41.3 Å². The lowest BCUT2D eigenvalue weighted by Gasteiger charge is -2.30. The van der Waals surface area contributed by atoms with E-state index in [4.69, 9.17) is 16.9 Å². The fraction of sp³-hybridized carbons (Fsp3) is 0.286. The fourth-order valence-electron chi connectivity index (χ4n) is 4.69. The van der Waals surface area contributed by atoms with Crippen molar-refractivity contribution < 1.29 is 27.1 Å². The predicted molar refractivity (Wildman–Crippen MR) is 149 cm³/mol. The van der Waals surface area contributed by atoms with Gasteiger partial charge in [-0.3, -0.25) is 0 Å². The van der Waals surface area contributed by atoms with Gasteiger partial charge >= 0.3 is 12.2 Å². The molecule has 5 rings (SSSR count). The summed E-state index contributed by atoms with van der Waals surface area (Å²) in [6.45, 7) is 1.53. The zero-order chi connectivity index (χ0) is 30.0. The second-order valence-corrected chi connectivity index (χ2v) is 9.77.